The summed E-state index contributed by atoms with van der Waals surface area (Å²) in [6, 6.07) is 12.9. The van der Waals surface area contributed by atoms with Gasteiger partial charge in [-0.3, -0.25) is 0 Å². The number of allylic oxidation sites excluding steroid dienone is 1. The molecule has 80 valence electrons. The van der Waals surface area contributed by atoms with Gasteiger partial charge in [0.15, 0.2) is 0 Å². The van der Waals surface area contributed by atoms with E-state index in [1.54, 1.807) is 0 Å². The summed E-state index contributed by atoms with van der Waals surface area (Å²) in [6.07, 6.45) is 6.47. The molecular formula is C13H9Cl2Zr-. The number of hydrogen-bond donors (Lipinski definition) is 0. The molecule has 0 amide bonds. The molecule has 0 aromatic heterocycles. The van der Waals surface area contributed by atoms with Crippen LogP contribution in [0.5, 0.6) is 0 Å². The fraction of sp³-hybridized carbons (Fsp3) is 0.0769. The average Bonchev–Trinajstić information content (AvgIpc) is 2.78. The van der Waals surface area contributed by atoms with E-state index in [0.717, 1.165) is 6.42 Å². The first-order valence-electron chi connectivity index (χ1n) is 4.92. The first-order chi connectivity index (χ1) is 7.86. The van der Waals surface area contributed by atoms with Crippen molar-refractivity contribution in [2.45, 2.75) is 6.42 Å². The third kappa shape index (κ3) is 2.59. The van der Waals surface area contributed by atoms with Crippen LogP contribution in [0.1, 0.15) is 11.1 Å². The fourth-order valence-electron chi connectivity index (χ4n) is 1.92. The van der Waals surface area contributed by atoms with Gasteiger partial charge in [0.1, 0.15) is 0 Å². The molecule has 0 aliphatic heterocycles. The van der Waals surface area contributed by atoms with Gasteiger partial charge in [0, 0.05) is 0 Å². The van der Waals surface area contributed by atoms with Gasteiger partial charge in [0.05, 0.1) is 0 Å². The quantitative estimate of drug-likeness (QED) is 0.626. The van der Waals surface area contributed by atoms with E-state index in [2.05, 4.69) is 48.6 Å². The van der Waals surface area contributed by atoms with Gasteiger partial charge >= 0.3 is 37.9 Å². The summed E-state index contributed by atoms with van der Waals surface area (Å²) >= 11 is -0.826. The fourth-order valence-corrected chi connectivity index (χ4v) is 1.92. The van der Waals surface area contributed by atoms with Crippen molar-refractivity contribution in [1.29, 1.82) is 0 Å². The Morgan fingerprint density at radius 2 is 1.81 bits per heavy atom. The molecule has 3 rings (SSSR count). The molecule has 0 bridgehead atoms. The molecule has 16 heavy (non-hydrogen) atoms. The predicted octanol–water partition coefficient (Wildman–Crippen LogP) is 4.48. The number of hydrogen-bond acceptors (Lipinski definition) is 0. The molecule has 0 spiro atoms. The second-order valence-corrected chi connectivity index (χ2v) is 7.18. The molecule has 2 aromatic rings. The monoisotopic (exact) mass is 325 g/mol. The zero-order valence-electron chi connectivity index (χ0n) is 8.50. The van der Waals surface area contributed by atoms with Gasteiger partial charge in [-0.1, -0.05) is 36.1 Å². The third-order valence-corrected chi connectivity index (χ3v) is 2.58. The summed E-state index contributed by atoms with van der Waals surface area (Å²) in [4.78, 5) is 0. The maximum absolute atomic E-state index is 4.93. The summed E-state index contributed by atoms with van der Waals surface area (Å²) in [5.74, 6) is 0. The number of benzene rings is 2. The van der Waals surface area contributed by atoms with E-state index in [-0.39, 0.29) is 0 Å². The zero-order valence-corrected chi connectivity index (χ0v) is 12.5. The molecule has 0 saturated carbocycles. The van der Waals surface area contributed by atoms with Crippen molar-refractivity contribution in [3.63, 3.8) is 0 Å². The molecule has 0 atom stereocenters. The van der Waals surface area contributed by atoms with Crippen molar-refractivity contribution < 1.29 is 20.8 Å². The van der Waals surface area contributed by atoms with Crippen LogP contribution in [0.4, 0.5) is 0 Å². The van der Waals surface area contributed by atoms with Gasteiger partial charge in [-0.15, -0.1) is 23.1 Å². The molecule has 1 aliphatic rings. The van der Waals surface area contributed by atoms with E-state index in [1.165, 1.54) is 21.9 Å². The summed E-state index contributed by atoms with van der Waals surface area (Å²) in [7, 11) is 9.87. The van der Waals surface area contributed by atoms with Crippen LogP contribution in [0.25, 0.3) is 10.8 Å². The van der Waals surface area contributed by atoms with Crippen molar-refractivity contribution in [2.24, 2.45) is 0 Å². The normalized spacial score (nSPS) is 11.9. The molecule has 2 aromatic carbocycles. The number of fused-ring (bicyclic) bond motifs is 3. The Morgan fingerprint density at radius 1 is 1.06 bits per heavy atom. The van der Waals surface area contributed by atoms with E-state index in [1.807, 2.05) is 0 Å². The Kier molecular flexibility index (Phi) is 4.64. The minimum atomic E-state index is -0.826. The SMILES string of the molecule is [C-]1=CCc2ccc3ccccc3c21.[Cl][Zr][Cl]. The standard InChI is InChI=1S/C13H9.2ClH.Zr/c1-2-6-12-10(4-1)8-9-11-5-3-7-13(11)12;;;/h1-4,6,8-9H,5H2;2*1H;/q-1;;;+2/p-2. The second-order valence-electron chi connectivity index (χ2n) is 3.44. The Hall–Kier alpha value is -0.0969. The van der Waals surface area contributed by atoms with Crippen LogP contribution in [0.2, 0.25) is 0 Å². The maximum atomic E-state index is 4.93. The number of halogens is 2. The van der Waals surface area contributed by atoms with Crippen LogP contribution in [0.15, 0.2) is 42.5 Å². The molecule has 0 unspecified atom stereocenters. The first-order valence-corrected chi connectivity index (χ1v) is 11.2. The summed E-state index contributed by atoms with van der Waals surface area (Å²) in [5, 5.41) is 2.64. The van der Waals surface area contributed by atoms with Crippen LogP contribution in [-0.2, 0) is 27.3 Å². The van der Waals surface area contributed by atoms with Crippen molar-refractivity contribution in [3.05, 3.63) is 59.7 Å². The van der Waals surface area contributed by atoms with Crippen molar-refractivity contribution in [2.75, 3.05) is 0 Å². The van der Waals surface area contributed by atoms with Crippen LogP contribution in [0.3, 0.4) is 0 Å². The number of rotatable bonds is 0. The molecule has 3 heteroatoms. The first kappa shape index (κ1) is 12.4. The summed E-state index contributed by atoms with van der Waals surface area (Å²) in [5.41, 5.74) is 2.69. The van der Waals surface area contributed by atoms with Gasteiger partial charge in [0.25, 0.3) is 0 Å². The van der Waals surface area contributed by atoms with Gasteiger partial charge in [-0.25, -0.2) is 0 Å². The van der Waals surface area contributed by atoms with Crippen LogP contribution in [0, 0.1) is 6.08 Å². The molecule has 0 fully saturated rings. The minimum absolute atomic E-state index is 0.826. The third-order valence-electron chi connectivity index (χ3n) is 2.58. The Bertz CT molecular complexity index is 520. The molecule has 0 heterocycles. The van der Waals surface area contributed by atoms with E-state index in [4.69, 9.17) is 17.0 Å². The molecular weight excluding hydrogens is 318 g/mol. The van der Waals surface area contributed by atoms with Crippen molar-refractivity contribution in [3.8, 4) is 0 Å². The van der Waals surface area contributed by atoms with Gasteiger partial charge in [-0.05, 0) is 0 Å². The van der Waals surface area contributed by atoms with Crippen LogP contribution >= 0.6 is 17.0 Å². The second kappa shape index (κ2) is 6.00. The van der Waals surface area contributed by atoms with Gasteiger partial charge in [-0.2, -0.15) is 17.7 Å². The van der Waals surface area contributed by atoms with Gasteiger partial charge in [0.2, 0.25) is 0 Å². The van der Waals surface area contributed by atoms with Crippen molar-refractivity contribution in [1.82, 2.24) is 0 Å². The molecule has 0 N–H and O–H groups in total. The molecule has 1 aliphatic carbocycles. The van der Waals surface area contributed by atoms with Crippen LogP contribution < -0.4 is 0 Å². The predicted molar refractivity (Wildman–Crippen MR) is 66.3 cm³/mol. The molecule has 0 saturated heterocycles. The van der Waals surface area contributed by atoms with E-state index >= 15 is 0 Å². The van der Waals surface area contributed by atoms with E-state index in [0.29, 0.717) is 0 Å². The zero-order chi connectivity index (χ0) is 11.4. The average molecular weight is 327 g/mol. The summed E-state index contributed by atoms with van der Waals surface area (Å²) in [6.45, 7) is 0. The van der Waals surface area contributed by atoms with E-state index < -0.39 is 20.8 Å². The Balaban J connectivity index is 0.000000292. The van der Waals surface area contributed by atoms with Crippen LogP contribution in [-0.4, -0.2) is 0 Å². The topological polar surface area (TPSA) is 0 Å². The molecule has 0 nitrogen and oxygen atoms in total. The molecule has 0 radical (unpaired) electrons. The Morgan fingerprint density at radius 3 is 2.62 bits per heavy atom. The van der Waals surface area contributed by atoms with Gasteiger partial charge < -0.3 is 0 Å². The van der Waals surface area contributed by atoms with Crippen molar-refractivity contribution >= 4 is 27.8 Å². The van der Waals surface area contributed by atoms with E-state index in [9.17, 15) is 0 Å². The summed E-state index contributed by atoms with van der Waals surface area (Å²) < 4.78 is 0. The Labute approximate surface area is 114 Å².